The lowest BCUT2D eigenvalue weighted by molar-refractivity contribution is -0.143. The molecule has 0 spiro atoms. The lowest BCUT2D eigenvalue weighted by Crippen LogP contribution is -2.28. The Kier molecular flexibility index (Phi) is 8.11. The minimum Gasteiger partial charge on any atom is -0.459 e. The molecule has 1 aliphatic heterocycles. The molecule has 0 saturated carbocycles. The number of hydrogen-bond donors (Lipinski definition) is 1. The molecule has 180 valence electrons. The van der Waals surface area contributed by atoms with E-state index >= 15 is 0 Å². The summed E-state index contributed by atoms with van der Waals surface area (Å²) >= 11 is 7.72. The van der Waals surface area contributed by atoms with Crippen LogP contribution in [0.1, 0.15) is 47.7 Å². The number of carbonyl (C=O) groups is 1. The van der Waals surface area contributed by atoms with E-state index in [1.165, 1.54) is 11.8 Å². The molecule has 35 heavy (non-hydrogen) atoms. The molecule has 1 aliphatic rings. The molecule has 3 rings (SSSR count). The van der Waals surface area contributed by atoms with Crippen molar-refractivity contribution in [3.05, 3.63) is 80.0 Å². The van der Waals surface area contributed by atoms with E-state index in [2.05, 4.69) is 17.1 Å². The van der Waals surface area contributed by atoms with E-state index < -0.39 is 18.0 Å². The van der Waals surface area contributed by atoms with E-state index in [0.29, 0.717) is 21.2 Å². The van der Waals surface area contributed by atoms with Gasteiger partial charge in [-0.2, -0.15) is 10.5 Å². The number of hydrogen-bond acceptors (Lipinski definition) is 8. The fourth-order valence-corrected chi connectivity index (χ4v) is 5.00. The van der Waals surface area contributed by atoms with Gasteiger partial charge in [0.05, 0.1) is 28.9 Å². The van der Waals surface area contributed by atoms with Crippen LogP contribution in [0.2, 0.25) is 5.02 Å². The molecule has 1 aromatic carbocycles. The second-order valence-corrected chi connectivity index (χ2v) is 9.64. The van der Waals surface area contributed by atoms with Gasteiger partial charge in [0.2, 0.25) is 5.88 Å². The van der Waals surface area contributed by atoms with Gasteiger partial charge in [0.1, 0.15) is 28.5 Å². The number of aryl methyl sites for hydroxylation is 1. The van der Waals surface area contributed by atoms with Gasteiger partial charge < -0.3 is 15.2 Å². The highest BCUT2D eigenvalue weighted by Gasteiger charge is 2.39. The molecule has 9 heteroatoms. The minimum absolute atomic E-state index is 0.0698. The number of nitrogens with two attached hydrogens (primary N) is 1. The van der Waals surface area contributed by atoms with Gasteiger partial charge in [-0.3, -0.25) is 0 Å². The molecule has 1 unspecified atom stereocenters. The maximum absolute atomic E-state index is 13.3. The van der Waals surface area contributed by atoms with Crippen molar-refractivity contribution in [1.82, 2.24) is 4.98 Å². The molecule has 2 aromatic rings. The number of nitriles is 2. The largest absolute Gasteiger partial charge is 0.459 e. The standard InChI is InChI=1S/C26H25ClN4O3S/c1-13(2)33-26(32)23-21(12-35-25-18(10-28)15(4)14(3)16(5)31-25)34-24(30)19(11-29)22(23)17-8-6-7-9-20(17)27/h6-9,13,22H,12,30H2,1-5H3. The third-order valence-electron chi connectivity index (χ3n) is 5.69. The van der Waals surface area contributed by atoms with Crippen LogP contribution in [0.4, 0.5) is 0 Å². The molecular weight excluding hydrogens is 484 g/mol. The highest BCUT2D eigenvalue weighted by molar-refractivity contribution is 7.99. The van der Waals surface area contributed by atoms with Gasteiger partial charge in [0, 0.05) is 10.7 Å². The van der Waals surface area contributed by atoms with E-state index in [0.717, 1.165) is 16.8 Å². The maximum Gasteiger partial charge on any atom is 0.338 e. The molecule has 2 N–H and O–H groups in total. The van der Waals surface area contributed by atoms with Gasteiger partial charge in [-0.25, -0.2) is 9.78 Å². The second kappa shape index (κ2) is 10.9. The Balaban J connectivity index is 2.16. The molecule has 0 fully saturated rings. The Morgan fingerprint density at radius 2 is 1.91 bits per heavy atom. The number of thioether (sulfide) groups is 1. The Labute approximate surface area is 214 Å². The quantitative estimate of drug-likeness (QED) is 0.410. The zero-order valence-electron chi connectivity index (χ0n) is 20.1. The van der Waals surface area contributed by atoms with Crippen LogP contribution in [-0.4, -0.2) is 22.8 Å². The lowest BCUT2D eigenvalue weighted by Gasteiger charge is -2.29. The molecule has 1 aromatic heterocycles. The van der Waals surface area contributed by atoms with Crippen LogP contribution in [0.5, 0.6) is 0 Å². The van der Waals surface area contributed by atoms with E-state index in [-0.39, 0.29) is 28.5 Å². The monoisotopic (exact) mass is 508 g/mol. The molecule has 1 atom stereocenters. The number of aromatic nitrogens is 1. The molecular formula is C26H25ClN4O3S. The van der Waals surface area contributed by atoms with Crippen molar-refractivity contribution in [2.24, 2.45) is 5.73 Å². The number of halogens is 1. The van der Waals surface area contributed by atoms with Crippen LogP contribution in [0.3, 0.4) is 0 Å². The third kappa shape index (κ3) is 5.30. The summed E-state index contributed by atoms with van der Waals surface area (Å²) < 4.78 is 11.3. The molecule has 7 nitrogen and oxygen atoms in total. The van der Waals surface area contributed by atoms with Crippen LogP contribution in [0.25, 0.3) is 0 Å². The highest BCUT2D eigenvalue weighted by atomic mass is 35.5. The van der Waals surface area contributed by atoms with Gasteiger partial charge in [-0.1, -0.05) is 41.6 Å². The summed E-state index contributed by atoms with van der Waals surface area (Å²) in [5.41, 5.74) is 9.96. The fraction of sp³-hybridized carbons (Fsp3) is 0.308. The number of allylic oxidation sites excluding steroid dienone is 1. The highest BCUT2D eigenvalue weighted by Crippen LogP contribution is 2.43. The van der Waals surface area contributed by atoms with Gasteiger partial charge >= 0.3 is 5.97 Å². The summed E-state index contributed by atoms with van der Waals surface area (Å²) in [6, 6.07) is 11.2. The first-order chi connectivity index (χ1) is 16.6. The molecule has 0 aliphatic carbocycles. The number of pyridine rings is 1. The molecule has 0 bridgehead atoms. The second-order valence-electron chi connectivity index (χ2n) is 8.27. The van der Waals surface area contributed by atoms with Crippen molar-refractivity contribution in [3.63, 3.8) is 0 Å². The van der Waals surface area contributed by atoms with Crippen molar-refractivity contribution < 1.29 is 14.3 Å². The molecule has 0 radical (unpaired) electrons. The first kappa shape index (κ1) is 26.2. The summed E-state index contributed by atoms with van der Waals surface area (Å²) in [4.78, 5) is 17.9. The SMILES string of the molecule is Cc1nc(SCC2=C(C(=O)OC(C)C)C(c3ccccc3Cl)C(C#N)=C(N)O2)c(C#N)c(C)c1C. The van der Waals surface area contributed by atoms with Crippen LogP contribution in [-0.2, 0) is 14.3 Å². The summed E-state index contributed by atoms with van der Waals surface area (Å²) in [7, 11) is 0. The average Bonchev–Trinajstić information content (AvgIpc) is 2.80. The summed E-state index contributed by atoms with van der Waals surface area (Å²) in [6.07, 6.45) is -0.404. The zero-order valence-corrected chi connectivity index (χ0v) is 21.7. The van der Waals surface area contributed by atoms with Gasteiger partial charge in [0.15, 0.2) is 0 Å². The summed E-state index contributed by atoms with van der Waals surface area (Å²) in [6.45, 7) is 9.14. The van der Waals surface area contributed by atoms with Gasteiger partial charge in [-0.05, 0) is 57.4 Å². The van der Waals surface area contributed by atoms with Gasteiger partial charge in [-0.15, -0.1) is 0 Å². The topological polar surface area (TPSA) is 122 Å². The first-order valence-electron chi connectivity index (χ1n) is 10.9. The zero-order chi connectivity index (χ0) is 25.9. The van der Waals surface area contributed by atoms with E-state index in [1.807, 2.05) is 20.8 Å². The number of ether oxygens (including phenoxy) is 2. The van der Waals surface area contributed by atoms with Crippen LogP contribution in [0.15, 0.2) is 52.1 Å². The van der Waals surface area contributed by atoms with Crippen molar-refractivity contribution in [3.8, 4) is 12.1 Å². The lowest BCUT2D eigenvalue weighted by atomic mass is 9.83. The number of nitrogens with zero attached hydrogens (tertiary/aromatic N) is 3. The normalized spacial score (nSPS) is 15.5. The van der Waals surface area contributed by atoms with E-state index in [4.69, 9.17) is 26.8 Å². The third-order valence-corrected chi connectivity index (χ3v) is 7.01. The Morgan fingerprint density at radius 3 is 2.51 bits per heavy atom. The fourth-order valence-electron chi connectivity index (χ4n) is 3.73. The Hall–Kier alpha value is -3.46. The van der Waals surface area contributed by atoms with Crippen molar-refractivity contribution in [2.75, 3.05) is 5.75 Å². The smallest absolute Gasteiger partial charge is 0.338 e. The van der Waals surface area contributed by atoms with Crippen LogP contribution >= 0.6 is 23.4 Å². The van der Waals surface area contributed by atoms with Crippen LogP contribution in [0, 0.1) is 43.4 Å². The van der Waals surface area contributed by atoms with E-state index in [1.54, 1.807) is 38.1 Å². The molecule has 0 amide bonds. The van der Waals surface area contributed by atoms with E-state index in [9.17, 15) is 15.3 Å². The number of benzene rings is 1. The van der Waals surface area contributed by atoms with Crippen molar-refractivity contribution in [1.29, 1.82) is 10.5 Å². The number of rotatable bonds is 6. The Morgan fingerprint density at radius 1 is 1.23 bits per heavy atom. The first-order valence-corrected chi connectivity index (χ1v) is 12.2. The number of esters is 1. The van der Waals surface area contributed by atoms with Gasteiger partial charge in [0.25, 0.3) is 0 Å². The summed E-state index contributed by atoms with van der Waals surface area (Å²) in [5, 5.41) is 20.5. The maximum atomic E-state index is 13.3. The van der Waals surface area contributed by atoms with Crippen molar-refractivity contribution in [2.45, 2.75) is 51.7 Å². The average molecular weight is 509 g/mol. The van der Waals surface area contributed by atoms with Crippen LogP contribution < -0.4 is 5.73 Å². The molecule has 2 heterocycles. The number of carbonyl (C=O) groups excluding carboxylic acids is 1. The van der Waals surface area contributed by atoms with Crippen molar-refractivity contribution >= 4 is 29.3 Å². The Bertz CT molecular complexity index is 1340. The minimum atomic E-state index is -0.866. The predicted molar refractivity (Wildman–Crippen MR) is 134 cm³/mol. The molecule has 0 saturated heterocycles. The summed E-state index contributed by atoms with van der Waals surface area (Å²) in [5.74, 6) is -1.26. The predicted octanol–water partition coefficient (Wildman–Crippen LogP) is 5.34.